The van der Waals surface area contributed by atoms with Gasteiger partial charge in [0.25, 0.3) is 0 Å². The van der Waals surface area contributed by atoms with E-state index in [2.05, 4.69) is 0 Å². The summed E-state index contributed by atoms with van der Waals surface area (Å²) in [5.74, 6) is 0. The molecule has 2 aromatic rings. The van der Waals surface area contributed by atoms with Crippen LogP contribution in [0.2, 0.25) is 0 Å². The lowest BCUT2D eigenvalue weighted by Gasteiger charge is -2.24. The summed E-state index contributed by atoms with van der Waals surface area (Å²) in [6, 6.07) is 19.8. The van der Waals surface area contributed by atoms with Gasteiger partial charge in [0.15, 0.2) is 6.29 Å². The fourth-order valence-electron chi connectivity index (χ4n) is 2.94. The van der Waals surface area contributed by atoms with Crippen molar-refractivity contribution in [2.45, 2.75) is 37.8 Å². The number of benzene rings is 2. The summed E-state index contributed by atoms with van der Waals surface area (Å²) in [5, 5.41) is 9.63. The van der Waals surface area contributed by atoms with Crippen LogP contribution in [0, 0.1) is 0 Å². The van der Waals surface area contributed by atoms with Gasteiger partial charge in [-0.25, -0.2) is 0 Å². The average Bonchev–Trinajstić information content (AvgIpc) is 3.03. The summed E-state index contributed by atoms with van der Waals surface area (Å²) in [4.78, 5) is 0. The minimum absolute atomic E-state index is 0.148. The Labute approximate surface area is 148 Å². The van der Waals surface area contributed by atoms with Crippen LogP contribution in [0.4, 0.5) is 0 Å². The number of hydrogen-bond donors (Lipinski definition) is 1. The van der Waals surface area contributed by atoms with Crippen molar-refractivity contribution < 1.29 is 24.1 Å². The van der Waals surface area contributed by atoms with E-state index in [0.717, 1.165) is 11.1 Å². The van der Waals surface area contributed by atoms with E-state index in [1.807, 2.05) is 60.7 Å². The third-order valence-corrected chi connectivity index (χ3v) is 4.25. The Hall–Kier alpha value is -1.76. The molecule has 0 bridgehead atoms. The zero-order valence-electron chi connectivity index (χ0n) is 14.3. The lowest BCUT2D eigenvalue weighted by Crippen LogP contribution is -2.39. The first kappa shape index (κ1) is 18.0. The van der Waals surface area contributed by atoms with Crippen LogP contribution in [0.3, 0.4) is 0 Å². The molecule has 5 heteroatoms. The van der Waals surface area contributed by atoms with Crippen LogP contribution in [0.5, 0.6) is 0 Å². The molecule has 5 nitrogen and oxygen atoms in total. The van der Waals surface area contributed by atoms with Gasteiger partial charge in [-0.05, 0) is 11.1 Å². The molecule has 1 fully saturated rings. The molecule has 134 valence electrons. The van der Waals surface area contributed by atoms with E-state index >= 15 is 0 Å². The normalized spacial score (nSPS) is 26.0. The molecule has 1 saturated heterocycles. The fourth-order valence-corrected chi connectivity index (χ4v) is 2.94. The zero-order valence-corrected chi connectivity index (χ0v) is 14.3. The standard InChI is InChI=1S/C20H24O5/c1-22-20-19(24-14-16-10-6-3-7-11-16)18(17(12-21)25-20)23-13-15-8-4-2-5-9-15/h2-11,17-21H,12-14H2,1H3/t17-,18-,19+,20+/m1/s1. The molecule has 0 radical (unpaired) electrons. The highest BCUT2D eigenvalue weighted by molar-refractivity contribution is 5.14. The molecule has 3 rings (SSSR count). The lowest BCUT2D eigenvalue weighted by molar-refractivity contribution is -0.169. The van der Waals surface area contributed by atoms with Gasteiger partial charge in [0.2, 0.25) is 0 Å². The van der Waals surface area contributed by atoms with Crippen molar-refractivity contribution in [3.63, 3.8) is 0 Å². The second-order valence-electron chi connectivity index (χ2n) is 5.98. The monoisotopic (exact) mass is 344 g/mol. The maximum atomic E-state index is 9.63. The van der Waals surface area contributed by atoms with E-state index < -0.39 is 24.6 Å². The molecule has 0 saturated carbocycles. The first-order chi connectivity index (χ1) is 12.3. The summed E-state index contributed by atoms with van der Waals surface area (Å²) >= 11 is 0. The maximum absolute atomic E-state index is 9.63. The third kappa shape index (κ3) is 4.66. The summed E-state index contributed by atoms with van der Waals surface area (Å²) in [7, 11) is 1.57. The Morgan fingerprint density at radius 2 is 1.36 bits per heavy atom. The van der Waals surface area contributed by atoms with Crippen molar-refractivity contribution in [1.29, 1.82) is 0 Å². The second kappa shape index (κ2) is 9.08. The average molecular weight is 344 g/mol. The van der Waals surface area contributed by atoms with Crippen molar-refractivity contribution in [3.05, 3.63) is 71.8 Å². The largest absolute Gasteiger partial charge is 0.394 e. The van der Waals surface area contributed by atoms with Gasteiger partial charge in [0.1, 0.15) is 18.3 Å². The number of ether oxygens (including phenoxy) is 4. The molecule has 25 heavy (non-hydrogen) atoms. The molecule has 2 aromatic carbocycles. The van der Waals surface area contributed by atoms with Crippen molar-refractivity contribution in [2.24, 2.45) is 0 Å². The van der Waals surface area contributed by atoms with Gasteiger partial charge < -0.3 is 24.1 Å². The molecular weight excluding hydrogens is 320 g/mol. The summed E-state index contributed by atoms with van der Waals surface area (Å²) < 4.78 is 23.2. The van der Waals surface area contributed by atoms with Crippen LogP contribution in [-0.2, 0) is 32.2 Å². The van der Waals surface area contributed by atoms with Gasteiger partial charge >= 0.3 is 0 Å². The van der Waals surface area contributed by atoms with Crippen LogP contribution in [-0.4, -0.2) is 43.4 Å². The molecule has 1 aliphatic heterocycles. The predicted molar refractivity (Wildman–Crippen MR) is 92.8 cm³/mol. The summed E-state index contributed by atoms with van der Waals surface area (Å²) in [6.45, 7) is 0.704. The Bertz CT molecular complexity index is 563. The Morgan fingerprint density at radius 3 is 1.84 bits per heavy atom. The summed E-state index contributed by atoms with van der Waals surface area (Å²) in [5.41, 5.74) is 2.12. The van der Waals surface area contributed by atoms with Crippen molar-refractivity contribution >= 4 is 0 Å². The predicted octanol–water partition coefficient (Wildman–Crippen LogP) is 2.52. The first-order valence-corrected chi connectivity index (χ1v) is 8.42. The molecule has 1 N–H and O–H groups in total. The number of aliphatic hydroxyl groups is 1. The third-order valence-electron chi connectivity index (χ3n) is 4.25. The van der Waals surface area contributed by atoms with Crippen LogP contribution < -0.4 is 0 Å². The van der Waals surface area contributed by atoms with Crippen molar-refractivity contribution in [2.75, 3.05) is 13.7 Å². The highest BCUT2D eigenvalue weighted by atomic mass is 16.7. The molecular formula is C20H24O5. The molecule has 1 heterocycles. The number of methoxy groups -OCH3 is 1. The van der Waals surface area contributed by atoms with Gasteiger partial charge in [0.05, 0.1) is 19.8 Å². The zero-order chi connectivity index (χ0) is 17.5. The number of aliphatic hydroxyl groups excluding tert-OH is 1. The van der Waals surface area contributed by atoms with Gasteiger partial charge in [0, 0.05) is 7.11 Å². The minimum Gasteiger partial charge on any atom is -0.394 e. The minimum atomic E-state index is -0.568. The van der Waals surface area contributed by atoms with Gasteiger partial charge in [-0.3, -0.25) is 0 Å². The molecule has 0 amide bonds. The quantitative estimate of drug-likeness (QED) is 0.797. The van der Waals surface area contributed by atoms with E-state index in [0.29, 0.717) is 13.2 Å². The van der Waals surface area contributed by atoms with E-state index in [4.69, 9.17) is 18.9 Å². The smallest absolute Gasteiger partial charge is 0.186 e. The Balaban J connectivity index is 1.66. The first-order valence-electron chi connectivity index (χ1n) is 8.42. The van der Waals surface area contributed by atoms with Gasteiger partial charge in [-0.15, -0.1) is 0 Å². The highest BCUT2D eigenvalue weighted by Gasteiger charge is 2.46. The Kier molecular flexibility index (Phi) is 6.55. The molecule has 0 aliphatic carbocycles. The van der Waals surface area contributed by atoms with Crippen LogP contribution >= 0.6 is 0 Å². The van der Waals surface area contributed by atoms with Gasteiger partial charge in [-0.2, -0.15) is 0 Å². The number of rotatable bonds is 8. The lowest BCUT2D eigenvalue weighted by atomic mass is 10.1. The molecule has 1 aliphatic rings. The molecule has 0 unspecified atom stereocenters. The molecule has 4 atom stereocenters. The highest BCUT2D eigenvalue weighted by Crippen LogP contribution is 2.28. The van der Waals surface area contributed by atoms with Crippen LogP contribution in [0.25, 0.3) is 0 Å². The van der Waals surface area contributed by atoms with Crippen LogP contribution in [0.1, 0.15) is 11.1 Å². The van der Waals surface area contributed by atoms with E-state index in [-0.39, 0.29) is 6.61 Å². The molecule has 0 aromatic heterocycles. The van der Waals surface area contributed by atoms with Crippen molar-refractivity contribution in [1.82, 2.24) is 0 Å². The van der Waals surface area contributed by atoms with E-state index in [1.54, 1.807) is 7.11 Å². The Morgan fingerprint density at radius 1 is 0.840 bits per heavy atom. The fraction of sp³-hybridized carbons (Fsp3) is 0.400. The topological polar surface area (TPSA) is 57.2 Å². The summed E-state index contributed by atoms with van der Waals surface area (Å²) in [6.07, 6.45) is -1.86. The maximum Gasteiger partial charge on any atom is 0.186 e. The molecule has 0 spiro atoms. The van der Waals surface area contributed by atoms with Crippen molar-refractivity contribution in [3.8, 4) is 0 Å². The SMILES string of the molecule is CO[C@H]1O[C@H](CO)[C@@H](OCc2ccccc2)[C@@H]1OCc1ccccc1. The second-order valence-corrected chi connectivity index (χ2v) is 5.98. The van der Waals surface area contributed by atoms with Crippen LogP contribution in [0.15, 0.2) is 60.7 Å². The van der Waals surface area contributed by atoms with E-state index in [9.17, 15) is 5.11 Å². The number of hydrogen-bond acceptors (Lipinski definition) is 5. The van der Waals surface area contributed by atoms with E-state index in [1.165, 1.54) is 0 Å². The van der Waals surface area contributed by atoms with Gasteiger partial charge in [-0.1, -0.05) is 60.7 Å².